The molecule has 3 aromatic rings. The summed E-state index contributed by atoms with van der Waals surface area (Å²) in [6.07, 6.45) is 0. The van der Waals surface area contributed by atoms with Crippen molar-refractivity contribution in [3.05, 3.63) is 52.0 Å². The number of imidazole rings is 1. The average molecular weight is 323 g/mol. The molecule has 0 radical (unpaired) electrons. The molecule has 0 spiro atoms. The first-order chi connectivity index (χ1) is 10.1. The molecule has 0 saturated carbocycles. The fraction of sp³-hybridized carbons (Fsp3) is 0.133. The molecule has 0 amide bonds. The maximum Gasteiger partial charge on any atom is 0.182 e. The van der Waals surface area contributed by atoms with Gasteiger partial charge in [0.2, 0.25) is 0 Å². The van der Waals surface area contributed by atoms with Gasteiger partial charge >= 0.3 is 0 Å². The van der Waals surface area contributed by atoms with Gasteiger partial charge in [0.05, 0.1) is 22.8 Å². The van der Waals surface area contributed by atoms with Crippen LogP contribution >= 0.6 is 23.8 Å². The van der Waals surface area contributed by atoms with E-state index in [0.29, 0.717) is 22.1 Å². The predicted molar refractivity (Wildman–Crippen MR) is 84.6 cm³/mol. The summed E-state index contributed by atoms with van der Waals surface area (Å²) in [4.78, 5) is 3.12. The van der Waals surface area contributed by atoms with Crippen LogP contribution in [0.2, 0.25) is 5.02 Å². The minimum Gasteiger partial charge on any atom is -0.492 e. The summed E-state index contributed by atoms with van der Waals surface area (Å²) in [5.41, 5.74) is 2.26. The number of nitrogens with zero attached hydrogens (tertiary/aromatic N) is 1. The fourth-order valence-electron chi connectivity index (χ4n) is 2.28. The molecule has 1 heterocycles. The minimum atomic E-state index is -0.384. The number of hydrogen-bond donors (Lipinski definition) is 1. The van der Waals surface area contributed by atoms with Crippen molar-refractivity contribution in [3.63, 3.8) is 0 Å². The highest BCUT2D eigenvalue weighted by Gasteiger charge is 2.13. The Balaban J connectivity index is 2.30. The van der Waals surface area contributed by atoms with Gasteiger partial charge in [-0.15, -0.1) is 0 Å². The molecule has 1 N–H and O–H groups in total. The lowest BCUT2D eigenvalue weighted by molar-refractivity contribution is 0.343. The average Bonchev–Trinajstić information content (AvgIpc) is 2.77. The number of aromatic amines is 1. The molecule has 0 atom stereocenters. The van der Waals surface area contributed by atoms with Crippen LogP contribution in [0.15, 0.2) is 36.4 Å². The Morgan fingerprint density at radius 1 is 1.33 bits per heavy atom. The van der Waals surface area contributed by atoms with Gasteiger partial charge in [0.15, 0.2) is 4.77 Å². The Morgan fingerprint density at radius 3 is 2.86 bits per heavy atom. The van der Waals surface area contributed by atoms with Crippen molar-refractivity contribution < 1.29 is 9.13 Å². The normalized spacial score (nSPS) is 11.0. The van der Waals surface area contributed by atoms with Crippen molar-refractivity contribution in [2.75, 3.05) is 6.61 Å². The Labute approximate surface area is 130 Å². The number of ether oxygens (including phenoxy) is 1. The van der Waals surface area contributed by atoms with Crippen LogP contribution in [0.1, 0.15) is 6.92 Å². The van der Waals surface area contributed by atoms with Crippen LogP contribution in [-0.2, 0) is 0 Å². The van der Waals surface area contributed by atoms with E-state index in [1.807, 2.05) is 25.1 Å². The predicted octanol–water partition coefficient (Wildman–Crippen LogP) is 4.88. The second-order valence-corrected chi connectivity index (χ2v) is 5.24. The maximum absolute atomic E-state index is 13.2. The highest BCUT2D eigenvalue weighted by molar-refractivity contribution is 7.71. The van der Waals surface area contributed by atoms with Crippen molar-refractivity contribution in [3.8, 4) is 11.4 Å². The topological polar surface area (TPSA) is 29.9 Å². The van der Waals surface area contributed by atoms with Gasteiger partial charge in [0.1, 0.15) is 17.1 Å². The number of hydrogen-bond acceptors (Lipinski definition) is 2. The van der Waals surface area contributed by atoms with Gasteiger partial charge in [-0.25, -0.2) is 4.39 Å². The number of fused-ring (bicyclic) bond motifs is 1. The summed E-state index contributed by atoms with van der Waals surface area (Å²) >= 11 is 11.5. The van der Waals surface area contributed by atoms with Crippen LogP contribution in [0.4, 0.5) is 4.39 Å². The van der Waals surface area contributed by atoms with Crippen molar-refractivity contribution in [1.82, 2.24) is 9.55 Å². The number of aromatic nitrogens is 2. The highest BCUT2D eigenvalue weighted by atomic mass is 35.5. The zero-order chi connectivity index (χ0) is 15.0. The maximum atomic E-state index is 13.2. The second-order valence-electron chi connectivity index (χ2n) is 4.44. The van der Waals surface area contributed by atoms with Gasteiger partial charge in [-0.1, -0.05) is 17.7 Å². The first kappa shape index (κ1) is 14.1. The molecule has 0 aliphatic rings. The Kier molecular flexibility index (Phi) is 3.69. The molecule has 0 bridgehead atoms. The lowest BCUT2D eigenvalue weighted by Gasteiger charge is -2.08. The lowest BCUT2D eigenvalue weighted by Crippen LogP contribution is -1.96. The number of rotatable bonds is 3. The molecule has 6 heteroatoms. The van der Waals surface area contributed by atoms with Crippen molar-refractivity contribution in [1.29, 1.82) is 0 Å². The number of benzene rings is 2. The molecule has 0 saturated heterocycles. The van der Waals surface area contributed by atoms with E-state index < -0.39 is 0 Å². The van der Waals surface area contributed by atoms with Crippen LogP contribution in [0.5, 0.6) is 5.75 Å². The Bertz CT molecular complexity index is 872. The summed E-state index contributed by atoms with van der Waals surface area (Å²) in [7, 11) is 0. The molecule has 1 aromatic heterocycles. The molecule has 3 rings (SSSR count). The molecule has 0 aliphatic carbocycles. The van der Waals surface area contributed by atoms with Crippen LogP contribution in [0.25, 0.3) is 16.7 Å². The van der Waals surface area contributed by atoms with Gasteiger partial charge in [-0.2, -0.15) is 0 Å². The summed E-state index contributed by atoms with van der Waals surface area (Å²) in [5.74, 6) is 0.336. The van der Waals surface area contributed by atoms with Crippen molar-refractivity contribution >= 4 is 34.9 Å². The standard InChI is InChI=1S/C15H12ClFN2OS/c1-2-20-13-5-3-4-12-14(13)18-15(21)19(12)11-7-6-9(17)8-10(11)16/h3-8H,2H2,1H3,(H,18,21). The third kappa shape index (κ3) is 2.43. The molecule has 21 heavy (non-hydrogen) atoms. The van der Waals surface area contributed by atoms with E-state index in [-0.39, 0.29) is 5.82 Å². The van der Waals surface area contributed by atoms with Gasteiger partial charge in [0.25, 0.3) is 0 Å². The first-order valence-electron chi connectivity index (χ1n) is 6.43. The molecule has 3 nitrogen and oxygen atoms in total. The largest absolute Gasteiger partial charge is 0.492 e. The van der Waals surface area contributed by atoms with E-state index in [1.165, 1.54) is 12.1 Å². The second kappa shape index (κ2) is 5.50. The zero-order valence-corrected chi connectivity index (χ0v) is 12.8. The summed E-state index contributed by atoms with van der Waals surface area (Å²) < 4.78 is 21.1. The summed E-state index contributed by atoms with van der Waals surface area (Å²) in [5, 5.41) is 0.300. The summed E-state index contributed by atoms with van der Waals surface area (Å²) in [6.45, 7) is 2.48. The smallest absolute Gasteiger partial charge is 0.182 e. The van der Waals surface area contributed by atoms with Crippen LogP contribution < -0.4 is 4.74 Å². The number of H-pyrrole nitrogens is 1. The van der Waals surface area contributed by atoms with E-state index in [1.54, 1.807) is 10.6 Å². The third-order valence-corrected chi connectivity index (χ3v) is 3.72. The minimum absolute atomic E-state index is 0.300. The summed E-state index contributed by atoms with van der Waals surface area (Å²) in [6, 6.07) is 9.88. The molecule has 0 unspecified atom stereocenters. The first-order valence-corrected chi connectivity index (χ1v) is 7.22. The van der Waals surface area contributed by atoms with Gasteiger partial charge in [-0.05, 0) is 49.5 Å². The fourth-order valence-corrected chi connectivity index (χ4v) is 2.83. The van der Waals surface area contributed by atoms with Crippen LogP contribution in [-0.4, -0.2) is 16.2 Å². The van der Waals surface area contributed by atoms with Crippen LogP contribution in [0, 0.1) is 10.6 Å². The van der Waals surface area contributed by atoms with Crippen molar-refractivity contribution in [2.24, 2.45) is 0 Å². The van der Waals surface area contributed by atoms with Gasteiger partial charge in [0, 0.05) is 0 Å². The third-order valence-electron chi connectivity index (χ3n) is 3.13. The molecular formula is C15H12ClFN2OS. The number of halogens is 2. The Morgan fingerprint density at radius 2 is 2.14 bits per heavy atom. The van der Waals surface area contributed by atoms with E-state index in [4.69, 9.17) is 28.6 Å². The SMILES string of the molecule is CCOc1cccc2c1[nH]c(=S)n2-c1ccc(F)cc1Cl. The quantitative estimate of drug-likeness (QED) is 0.696. The number of nitrogens with one attached hydrogen (secondary N) is 1. The molecule has 2 aromatic carbocycles. The van der Waals surface area contributed by atoms with Crippen molar-refractivity contribution in [2.45, 2.75) is 6.92 Å². The van der Waals surface area contributed by atoms with E-state index in [0.717, 1.165) is 16.8 Å². The highest BCUT2D eigenvalue weighted by Crippen LogP contribution is 2.30. The van der Waals surface area contributed by atoms with Gasteiger partial charge < -0.3 is 9.72 Å². The zero-order valence-electron chi connectivity index (χ0n) is 11.2. The molecule has 0 aliphatic heterocycles. The lowest BCUT2D eigenvalue weighted by atomic mass is 10.2. The van der Waals surface area contributed by atoms with E-state index in [2.05, 4.69) is 4.98 Å². The van der Waals surface area contributed by atoms with E-state index in [9.17, 15) is 4.39 Å². The van der Waals surface area contributed by atoms with Gasteiger partial charge in [-0.3, -0.25) is 4.57 Å². The monoisotopic (exact) mass is 322 g/mol. The molecule has 108 valence electrons. The Hall–Kier alpha value is -1.85. The molecule has 0 fully saturated rings. The van der Waals surface area contributed by atoms with E-state index >= 15 is 0 Å². The number of para-hydroxylation sites is 1. The van der Waals surface area contributed by atoms with Crippen LogP contribution in [0.3, 0.4) is 0 Å². The molecular weight excluding hydrogens is 311 g/mol.